The van der Waals surface area contributed by atoms with E-state index in [2.05, 4.69) is 41.3 Å². The van der Waals surface area contributed by atoms with E-state index in [-0.39, 0.29) is 17.1 Å². The predicted molar refractivity (Wildman–Crippen MR) is 95.0 cm³/mol. The van der Waals surface area contributed by atoms with Gasteiger partial charge in [0.15, 0.2) is 0 Å². The number of amides is 1. The van der Waals surface area contributed by atoms with Crippen molar-refractivity contribution in [3.63, 3.8) is 0 Å². The molecule has 1 heterocycles. The van der Waals surface area contributed by atoms with Crippen molar-refractivity contribution in [3.8, 4) is 0 Å². The number of hydrogen-bond donors (Lipinski definition) is 2. The number of thioether (sulfide) groups is 1. The van der Waals surface area contributed by atoms with E-state index in [1.165, 1.54) is 17.3 Å². The van der Waals surface area contributed by atoms with Crippen LogP contribution in [0.3, 0.4) is 0 Å². The molecule has 6 heteroatoms. The molecule has 0 atom stereocenters. The van der Waals surface area contributed by atoms with Crippen molar-refractivity contribution in [1.29, 1.82) is 0 Å². The molecule has 1 aromatic carbocycles. The van der Waals surface area contributed by atoms with Crippen LogP contribution >= 0.6 is 11.8 Å². The van der Waals surface area contributed by atoms with Gasteiger partial charge in [0.05, 0.1) is 5.75 Å². The molecule has 1 amide bonds. The highest BCUT2D eigenvalue weighted by Crippen LogP contribution is 2.23. The minimum Gasteiger partial charge on any atom is -0.325 e. The number of hydrogen-bond acceptors (Lipinski definition) is 4. The van der Waals surface area contributed by atoms with Gasteiger partial charge in [-0.3, -0.25) is 9.89 Å². The fourth-order valence-corrected chi connectivity index (χ4v) is 2.57. The van der Waals surface area contributed by atoms with E-state index >= 15 is 0 Å². The molecule has 0 aliphatic rings. The zero-order chi connectivity index (χ0) is 17.0. The average Bonchev–Trinajstić information content (AvgIpc) is 2.94. The molecule has 23 heavy (non-hydrogen) atoms. The topological polar surface area (TPSA) is 70.7 Å². The molecular weight excluding hydrogens is 308 g/mol. The van der Waals surface area contributed by atoms with Crippen LogP contribution in [0.2, 0.25) is 0 Å². The Bertz CT molecular complexity index is 656. The molecule has 0 saturated heterocycles. The molecule has 2 rings (SSSR count). The Kier molecular flexibility index (Phi) is 5.46. The number of aromatic amines is 1. The van der Waals surface area contributed by atoms with Gasteiger partial charge in [0, 0.05) is 11.6 Å². The van der Waals surface area contributed by atoms with Crippen molar-refractivity contribution < 1.29 is 4.79 Å². The van der Waals surface area contributed by atoms with Gasteiger partial charge in [0.1, 0.15) is 5.82 Å². The summed E-state index contributed by atoms with van der Waals surface area (Å²) in [7, 11) is 0. The Morgan fingerprint density at radius 1 is 1.26 bits per heavy atom. The smallest absolute Gasteiger partial charge is 0.234 e. The SMILES string of the molecule is CC(C)c1nc(SCC(=O)Nc2ccc(C(C)(C)C)cc2)n[nH]1. The highest BCUT2D eigenvalue weighted by molar-refractivity contribution is 7.99. The van der Waals surface area contributed by atoms with Gasteiger partial charge in [-0.1, -0.05) is 58.5 Å². The summed E-state index contributed by atoms with van der Waals surface area (Å²) in [6.07, 6.45) is 0. The minimum absolute atomic E-state index is 0.0607. The van der Waals surface area contributed by atoms with Crippen molar-refractivity contribution >= 4 is 23.4 Å². The molecule has 0 saturated carbocycles. The van der Waals surface area contributed by atoms with Gasteiger partial charge < -0.3 is 5.32 Å². The zero-order valence-electron chi connectivity index (χ0n) is 14.3. The first-order chi connectivity index (χ1) is 10.8. The van der Waals surface area contributed by atoms with Crippen LogP contribution in [0.25, 0.3) is 0 Å². The second-order valence-corrected chi connectivity index (χ2v) is 7.76. The van der Waals surface area contributed by atoms with Crippen LogP contribution in [-0.2, 0) is 10.2 Å². The maximum absolute atomic E-state index is 12.0. The van der Waals surface area contributed by atoms with Crippen molar-refractivity contribution in [2.45, 2.75) is 51.1 Å². The number of carbonyl (C=O) groups is 1. The third kappa shape index (κ3) is 5.10. The zero-order valence-corrected chi connectivity index (χ0v) is 15.1. The number of anilines is 1. The molecule has 2 aromatic rings. The molecular formula is C17H24N4OS. The molecule has 0 unspecified atom stereocenters. The first-order valence-corrected chi connectivity index (χ1v) is 8.70. The second-order valence-electron chi connectivity index (χ2n) is 6.82. The fourth-order valence-electron chi connectivity index (χ4n) is 1.96. The van der Waals surface area contributed by atoms with Gasteiger partial charge in [-0.15, -0.1) is 5.10 Å². The normalized spacial score (nSPS) is 11.7. The predicted octanol–water partition coefficient (Wildman–Crippen LogP) is 3.96. The number of H-pyrrole nitrogens is 1. The van der Waals surface area contributed by atoms with Gasteiger partial charge in [0.25, 0.3) is 0 Å². The molecule has 2 N–H and O–H groups in total. The Morgan fingerprint density at radius 2 is 1.91 bits per heavy atom. The second kappa shape index (κ2) is 7.17. The van der Waals surface area contributed by atoms with Crippen molar-refractivity contribution in [2.75, 3.05) is 11.1 Å². The minimum atomic E-state index is -0.0607. The summed E-state index contributed by atoms with van der Waals surface area (Å²) in [5, 5.41) is 10.5. The lowest BCUT2D eigenvalue weighted by Gasteiger charge is -2.19. The molecule has 0 bridgehead atoms. The van der Waals surface area contributed by atoms with Gasteiger partial charge >= 0.3 is 0 Å². The molecule has 0 fully saturated rings. The molecule has 124 valence electrons. The van der Waals surface area contributed by atoms with E-state index < -0.39 is 0 Å². The van der Waals surface area contributed by atoms with Gasteiger partial charge in [0.2, 0.25) is 11.1 Å². The molecule has 0 aliphatic heterocycles. The van der Waals surface area contributed by atoms with E-state index in [0.717, 1.165) is 11.5 Å². The van der Waals surface area contributed by atoms with Crippen LogP contribution in [0, 0.1) is 0 Å². The van der Waals surface area contributed by atoms with Crippen molar-refractivity contribution in [1.82, 2.24) is 15.2 Å². The number of aromatic nitrogens is 3. The first kappa shape index (κ1) is 17.5. The Balaban J connectivity index is 1.87. The highest BCUT2D eigenvalue weighted by atomic mass is 32.2. The monoisotopic (exact) mass is 332 g/mol. The summed E-state index contributed by atoms with van der Waals surface area (Å²) < 4.78 is 0. The lowest BCUT2D eigenvalue weighted by molar-refractivity contribution is -0.113. The highest BCUT2D eigenvalue weighted by Gasteiger charge is 2.13. The number of carbonyl (C=O) groups excluding carboxylic acids is 1. The third-order valence-electron chi connectivity index (χ3n) is 3.40. The van der Waals surface area contributed by atoms with E-state index in [1.807, 2.05) is 38.1 Å². The Hall–Kier alpha value is -1.82. The lowest BCUT2D eigenvalue weighted by atomic mass is 9.87. The van der Waals surface area contributed by atoms with Crippen LogP contribution < -0.4 is 5.32 Å². The van der Waals surface area contributed by atoms with E-state index in [0.29, 0.717) is 11.1 Å². The number of benzene rings is 1. The average molecular weight is 332 g/mol. The van der Waals surface area contributed by atoms with E-state index in [4.69, 9.17) is 0 Å². The van der Waals surface area contributed by atoms with Crippen LogP contribution in [0.4, 0.5) is 5.69 Å². The lowest BCUT2D eigenvalue weighted by Crippen LogP contribution is -2.15. The van der Waals surface area contributed by atoms with Crippen LogP contribution in [0.5, 0.6) is 0 Å². The molecule has 0 spiro atoms. The standard InChI is InChI=1S/C17H24N4OS/c1-11(2)15-19-16(21-20-15)23-10-14(22)18-13-8-6-12(7-9-13)17(3,4)5/h6-9,11H,10H2,1-5H3,(H,18,22)(H,19,20,21). The van der Waals surface area contributed by atoms with E-state index in [1.54, 1.807) is 0 Å². The fraction of sp³-hybridized carbons (Fsp3) is 0.471. The summed E-state index contributed by atoms with van der Waals surface area (Å²) in [4.78, 5) is 16.4. The third-order valence-corrected chi connectivity index (χ3v) is 4.24. The quantitative estimate of drug-likeness (QED) is 0.813. The molecule has 0 radical (unpaired) electrons. The van der Waals surface area contributed by atoms with Crippen LogP contribution in [0.1, 0.15) is 51.9 Å². The summed E-state index contributed by atoms with van der Waals surface area (Å²) >= 11 is 1.33. The maximum atomic E-state index is 12.0. The molecule has 1 aromatic heterocycles. The summed E-state index contributed by atoms with van der Waals surface area (Å²) in [6.45, 7) is 10.6. The van der Waals surface area contributed by atoms with Crippen molar-refractivity contribution in [2.24, 2.45) is 0 Å². The Morgan fingerprint density at radius 3 is 2.43 bits per heavy atom. The maximum Gasteiger partial charge on any atom is 0.234 e. The van der Waals surface area contributed by atoms with Gasteiger partial charge in [-0.2, -0.15) is 0 Å². The molecule has 5 nitrogen and oxygen atoms in total. The number of nitrogens with zero attached hydrogens (tertiary/aromatic N) is 2. The number of rotatable bonds is 5. The number of nitrogens with one attached hydrogen (secondary N) is 2. The van der Waals surface area contributed by atoms with Crippen LogP contribution in [0.15, 0.2) is 29.4 Å². The van der Waals surface area contributed by atoms with Crippen LogP contribution in [-0.4, -0.2) is 26.8 Å². The van der Waals surface area contributed by atoms with E-state index in [9.17, 15) is 4.79 Å². The summed E-state index contributed by atoms with van der Waals surface area (Å²) in [5.74, 6) is 1.36. The summed E-state index contributed by atoms with van der Waals surface area (Å²) in [5.41, 5.74) is 2.16. The van der Waals surface area contributed by atoms with Gasteiger partial charge in [-0.05, 0) is 23.1 Å². The largest absolute Gasteiger partial charge is 0.325 e. The summed E-state index contributed by atoms with van der Waals surface area (Å²) in [6, 6.07) is 7.97. The van der Waals surface area contributed by atoms with Crippen molar-refractivity contribution in [3.05, 3.63) is 35.7 Å². The first-order valence-electron chi connectivity index (χ1n) is 7.71. The molecule has 0 aliphatic carbocycles. The Labute approximate surface area is 141 Å². The van der Waals surface area contributed by atoms with Gasteiger partial charge in [-0.25, -0.2) is 4.98 Å².